The van der Waals surface area contributed by atoms with E-state index in [1.807, 2.05) is 4.90 Å². The van der Waals surface area contributed by atoms with Gasteiger partial charge in [-0.05, 0) is 11.1 Å². The van der Waals surface area contributed by atoms with Crippen molar-refractivity contribution < 1.29 is 9.59 Å². The second-order valence-electron chi connectivity index (χ2n) is 9.48. The molecule has 7 heteroatoms. The van der Waals surface area contributed by atoms with Crippen molar-refractivity contribution in [3.63, 3.8) is 0 Å². The third-order valence-electron chi connectivity index (χ3n) is 6.94. The summed E-state index contributed by atoms with van der Waals surface area (Å²) < 4.78 is 0. The minimum atomic E-state index is 0.113. The Morgan fingerprint density at radius 1 is 0.706 bits per heavy atom. The number of hydrogen-bond donors (Lipinski definition) is 0. The van der Waals surface area contributed by atoms with Crippen LogP contribution >= 0.6 is 0 Å². The van der Waals surface area contributed by atoms with Gasteiger partial charge in [0.1, 0.15) is 0 Å². The summed E-state index contributed by atoms with van der Waals surface area (Å²) in [4.78, 5) is 35.4. The Kier molecular flexibility index (Phi) is 8.32. The first-order chi connectivity index (χ1) is 16.5. The lowest BCUT2D eigenvalue weighted by Crippen LogP contribution is -2.55. The average molecular weight is 464 g/mol. The molecule has 0 saturated carbocycles. The van der Waals surface area contributed by atoms with Crippen LogP contribution in [0, 0.1) is 0 Å². The van der Waals surface area contributed by atoms with E-state index in [-0.39, 0.29) is 17.9 Å². The molecule has 0 aromatic heterocycles. The van der Waals surface area contributed by atoms with Crippen molar-refractivity contribution in [2.45, 2.75) is 6.04 Å². The van der Waals surface area contributed by atoms with Gasteiger partial charge in [0.2, 0.25) is 11.8 Å². The van der Waals surface area contributed by atoms with Crippen LogP contribution in [0.1, 0.15) is 17.2 Å². The molecule has 2 heterocycles. The van der Waals surface area contributed by atoms with Crippen LogP contribution in [-0.4, -0.2) is 116 Å². The number of hydrogen-bond acceptors (Lipinski definition) is 5. The van der Waals surface area contributed by atoms with Crippen molar-refractivity contribution in [2.75, 3.05) is 79.5 Å². The number of amides is 2. The second kappa shape index (κ2) is 11.6. The van der Waals surface area contributed by atoms with Crippen LogP contribution in [0.4, 0.5) is 0 Å². The molecule has 0 atom stereocenters. The molecule has 4 rings (SSSR count). The molecular formula is C27H37N5O2. The molecule has 7 nitrogen and oxygen atoms in total. The van der Waals surface area contributed by atoms with E-state index in [0.717, 1.165) is 39.3 Å². The molecular weight excluding hydrogens is 426 g/mol. The summed E-state index contributed by atoms with van der Waals surface area (Å²) in [5.74, 6) is 0.316. The number of nitrogens with zero attached hydrogens (tertiary/aromatic N) is 5. The average Bonchev–Trinajstić information content (AvgIpc) is 2.87. The minimum absolute atomic E-state index is 0.113. The van der Waals surface area contributed by atoms with Crippen molar-refractivity contribution >= 4 is 11.8 Å². The van der Waals surface area contributed by atoms with Crippen LogP contribution in [-0.2, 0) is 9.59 Å². The zero-order chi connectivity index (χ0) is 23.9. The first-order valence-corrected chi connectivity index (χ1v) is 12.3. The number of rotatable bonds is 7. The number of likely N-dealkylation sites (N-methyl/N-ethyl adjacent to an activating group) is 1. The maximum absolute atomic E-state index is 12.9. The van der Waals surface area contributed by atoms with E-state index in [9.17, 15) is 9.59 Å². The van der Waals surface area contributed by atoms with E-state index in [1.165, 1.54) is 11.1 Å². The van der Waals surface area contributed by atoms with E-state index < -0.39 is 0 Å². The molecule has 0 aliphatic carbocycles. The van der Waals surface area contributed by atoms with Crippen molar-refractivity contribution in [2.24, 2.45) is 0 Å². The molecule has 0 bridgehead atoms. The lowest BCUT2D eigenvalue weighted by molar-refractivity contribution is -0.135. The Hall–Kier alpha value is -2.74. The van der Waals surface area contributed by atoms with E-state index in [0.29, 0.717) is 26.2 Å². The Morgan fingerprint density at radius 2 is 1.18 bits per heavy atom. The summed E-state index contributed by atoms with van der Waals surface area (Å²) in [7, 11) is 3.56. The molecule has 0 radical (unpaired) electrons. The summed E-state index contributed by atoms with van der Waals surface area (Å²) in [5, 5.41) is 0. The standard InChI is InChI=1S/C27H37N5O2/c1-28(2)25(33)21-29-13-17-31(18-14-29)26(34)22-30-15-19-32(20-16-30)27(23-9-5-3-6-10-23)24-11-7-4-8-12-24/h3-12,27H,13-22H2,1-2H3. The van der Waals surface area contributed by atoms with Gasteiger partial charge in [0.15, 0.2) is 0 Å². The quantitative estimate of drug-likeness (QED) is 0.625. The summed E-state index contributed by atoms with van der Waals surface area (Å²) in [6.07, 6.45) is 0. The van der Waals surface area contributed by atoms with Crippen LogP contribution in [0.3, 0.4) is 0 Å². The van der Waals surface area contributed by atoms with Crippen LogP contribution in [0.2, 0.25) is 0 Å². The Balaban J connectivity index is 1.28. The Labute approximate surface area is 203 Å². The lowest BCUT2D eigenvalue weighted by atomic mass is 9.96. The highest BCUT2D eigenvalue weighted by Gasteiger charge is 2.29. The third kappa shape index (κ3) is 6.23. The molecule has 0 unspecified atom stereocenters. The highest BCUT2D eigenvalue weighted by atomic mass is 16.2. The first-order valence-electron chi connectivity index (χ1n) is 12.3. The number of carbonyl (C=O) groups is 2. The molecule has 2 saturated heterocycles. The highest BCUT2D eigenvalue weighted by molar-refractivity contribution is 5.79. The molecule has 34 heavy (non-hydrogen) atoms. The van der Waals surface area contributed by atoms with Crippen molar-refractivity contribution in [3.8, 4) is 0 Å². The number of benzene rings is 2. The van der Waals surface area contributed by atoms with Crippen LogP contribution in [0.5, 0.6) is 0 Å². The molecule has 2 aromatic carbocycles. The van der Waals surface area contributed by atoms with Crippen molar-refractivity contribution in [3.05, 3.63) is 71.8 Å². The molecule has 2 aliphatic rings. The van der Waals surface area contributed by atoms with Crippen LogP contribution < -0.4 is 0 Å². The maximum atomic E-state index is 12.9. The fraction of sp³-hybridized carbons (Fsp3) is 0.481. The van der Waals surface area contributed by atoms with Gasteiger partial charge in [-0.1, -0.05) is 60.7 Å². The lowest BCUT2D eigenvalue weighted by Gasteiger charge is -2.40. The van der Waals surface area contributed by atoms with Gasteiger partial charge in [-0.2, -0.15) is 0 Å². The molecule has 0 spiro atoms. The molecule has 182 valence electrons. The van der Waals surface area contributed by atoms with Crippen LogP contribution in [0.25, 0.3) is 0 Å². The van der Waals surface area contributed by atoms with Gasteiger partial charge in [-0.15, -0.1) is 0 Å². The predicted octanol–water partition coefficient (Wildman–Crippen LogP) is 1.63. The first kappa shape index (κ1) is 24.4. The molecule has 2 amide bonds. The summed E-state index contributed by atoms with van der Waals surface area (Å²) >= 11 is 0. The fourth-order valence-electron chi connectivity index (χ4n) is 4.84. The van der Waals surface area contributed by atoms with Gasteiger partial charge in [0.25, 0.3) is 0 Å². The molecule has 2 aromatic rings. The van der Waals surface area contributed by atoms with Gasteiger partial charge in [-0.25, -0.2) is 0 Å². The van der Waals surface area contributed by atoms with Gasteiger partial charge in [0, 0.05) is 66.5 Å². The molecule has 2 aliphatic heterocycles. The minimum Gasteiger partial charge on any atom is -0.348 e. The van der Waals surface area contributed by atoms with Crippen LogP contribution in [0.15, 0.2) is 60.7 Å². The fourth-order valence-corrected chi connectivity index (χ4v) is 4.84. The normalized spacial score (nSPS) is 18.3. The second-order valence-corrected chi connectivity index (χ2v) is 9.48. The smallest absolute Gasteiger partial charge is 0.236 e. The Bertz CT molecular complexity index is 881. The topological polar surface area (TPSA) is 50.3 Å². The van der Waals surface area contributed by atoms with Crippen molar-refractivity contribution in [1.29, 1.82) is 0 Å². The predicted molar refractivity (Wildman–Crippen MR) is 134 cm³/mol. The summed E-state index contributed by atoms with van der Waals surface area (Å²) in [5.41, 5.74) is 2.62. The van der Waals surface area contributed by atoms with Crippen molar-refractivity contribution in [1.82, 2.24) is 24.5 Å². The van der Waals surface area contributed by atoms with E-state index in [2.05, 4.69) is 75.4 Å². The van der Waals surface area contributed by atoms with Gasteiger partial charge in [0.05, 0.1) is 19.1 Å². The Morgan fingerprint density at radius 3 is 1.68 bits per heavy atom. The summed E-state index contributed by atoms with van der Waals surface area (Å²) in [6.45, 7) is 7.46. The SMILES string of the molecule is CN(C)C(=O)CN1CCN(C(=O)CN2CCN(C(c3ccccc3)c3ccccc3)CC2)CC1. The van der Waals surface area contributed by atoms with E-state index in [4.69, 9.17) is 0 Å². The van der Waals surface area contributed by atoms with Gasteiger partial charge >= 0.3 is 0 Å². The van der Waals surface area contributed by atoms with Gasteiger partial charge in [-0.3, -0.25) is 24.3 Å². The zero-order valence-corrected chi connectivity index (χ0v) is 20.5. The van der Waals surface area contributed by atoms with E-state index in [1.54, 1.807) is 19.0 Å². The number of piperazine rings is 2. The summed E-state index contributed by atoms with van der Waals surface area (Å²) in [6, 6.07) is 21.6. The van der Waals surface area contributed by atoms with Gasteiger partial charge < -0.3 is 9.80 Å². The zero-order valence-electron chi connectivity index (χ0n) is 20.5. The monoisotopic (exact) mass is 463 g/mol. The highest BCUT2D eigenvalue weighted by Crippen LogP contribution is 2.29. The number of carbonyl (C=O) groups excluding carboxylic acids is 2. The largest absolute Gasteiger partial charge is 0.348 e. The maximum Gasteiger partial charge on any atom is 0.236 e. The molecule has 2 fully saturated rings. The van der Waals surface area contributed by atoms with E-state index >= 15 is 0 Å². The molecule has 0 N–H and O–H groups in total. The third-order valence-corrected chi connectivity index (χ3v) is 6.94.